The second kappa shape index (κ2) is 5.19. The van der Waals surface area contributed by atoms with Crippen molar-refractivity contribution in [3.05, 3.63) is 64.4 Å². The molecule has 0 radical (unpaired) electrons. The first kappa shape index (κ1) is 11.9. The van der Waals surface area contributed by atoms with Gasteiger partial charge in [0.2, 0.25) is 0 Å². The van der Waals surface area contributed by atoms with Crippen molar-refractivity contribution in [1.82, 2.24) is 0 Å². The molecule has 0 unspecified atom stereocenters. The maximum absolute atomic E-state index is 12.9. The van der Waals surface area contributed by atoms with Crippen LogP contribution in [0, 0.1) is 12.7 Å². The molecule has 2 aromatic carbocycles. The van der Waals surface area contributed by atoms with Crippen LogP contribution in [-0.4, -0.2) is 0 Å². The van der Waals surface area contributed by atoms with Crippen molar-refractivity contribution in [2.75, 3.05) is 5.32 Å². The highest BCUT2D eigenvalue weighted by atomic mass is 35.5. The van der Waals surface area contributed by atoms with Gasteiger partial charge < -0.3 is 5.32 Å². The Bertz CT molecular complexity index is 525. The SMILES string of the molecule is Cc1ccc(CNc2cccc(F)c2)cc1Cl. The molecule has 0 aliphatic heterocycles. The van der Waals surface area contributed by atoms with Gasteiger partial charge in [0, 0.05) is 17.3 Å². The number of anilines is 1. The van der Waals surface area contributed by atoms with E-state index in [1.165, 1.54) is 12.1 Å². The first-order valence-corrected chi connectivity index (χ1v) is 5.77. The predicted octanol–water partition coefficient (Wildman–Crippen LogP) is 4.40. The molecule has 0 atom stereocenters. The lowest BCUT2D eigenvalue weighted by molar-refractivity contribution is 0.628. The summed E-state index contributed by atoms with van der Waals surface area (Å²) in [6.45, 7) is 2.59. The van der Waals surface area contributed by atoms with E-state index in [1.807, 2.05) is 31.2 Å². The molecule has 2 rings (SSSR count). The first-order valence-electron chi connectivity index (χ1n) is 5.39. The summed E-state index contributed by atoms with van der Waals surface area (Å²) in [5.41, 5.74) is 2.90. The number of nitrogens with one attached hydrogen (secondary N) is 1. The van der Waals surface area contributed by atoms with Crippen LogP contribution in [0.2, 0.25) is 5.02 Å². The molecule has 1 N–H and O–H groups in total. The van der Waals surface area contributed by atoms with E-state index < -0.39 is 0 Å². The predicted molar refractivity (Wildman–Crippen MR) is 69.9 cm³/mol. The lowest BCUT2D eigenvalue weighted by atomic mass is 10.1. The van der Waals surface area contributed by atoms with E-state index >= 15 is 0 Å². The number of benzene rings is 2. The Morgan fingerprint density at radius 3 is 2.71 bits per heavy atom. The third-order valence-electron chi connectivity index (χ3n) is 2.56. The van der Waals surface area contributed by atoms with Gasteiger partial charge >= 0.3 is 0 Å². The smallest absolute Gasteiger partial charge is 0.125 e. The fourth-order valence-corrected chi connectivity index (χ4v) is 1.75. The average Bonchev–Trinajstić information content (AvgIpc) is 2.31. The Morgan fingerprint density at radius 2 is 2.00 bits per heavy atom. The van der Waals surface area contributed by atoms with Crippen LogP contribution in [0.4, 0.5) is 10.1 Å². The minimum Gasteiger partial charge on any atom is -0.381 e. The number of hydrogen-bond donors (Lipinski definition) is 1. The van der Waals surface area contributed by atoms with Crippen LogP contribution < -0.4 is 5.32 Å². The molecule has 0 spiro atoms. The topological polar surface area (TPSA) is 12.0 Å². The maximum atomic E-state index is 12.9. The quantitative estimate of drug-likeness (QED) is 0.850. The van der Waals surface area contributed by atoms with Gasteiger partial charge in [-0.05, 0) is 42.3 Å². The van der Waals surface area contributed by atoms with E-state index in [-0.39, 0.29) is 5.82 Å². The van der Waals surface area contributed by atoms with Crippen LogP contribution in [0.1, 0.15) is 11.1 Å². The molecule has 0 saturated heterocycles. The third-order valence-corrected chi connectivity index (χ3v) is 2.96. The molecular formula is C14H13ClFN. The fourth-order valence-electron chi connectivity index (χ4n) is 1.55. The van der Waals surface area contributed by atoms with Crippen LogP contribution in [0.5, 0.6) is 0 Å². The maximum Gasteiger partial charge on any atom is 0.125 e. The normalized spacial score (nSPS) is 10.3. The summed E-state index contributed by atoms with van der Waals surface area (Å²) in [5, 5.41) is 3.90. The molecule has 17 heavy (non-hydrogen) atoms. The number of aryl methyl sites for hydroxylation is 1. The number of rotatable bonds is 3. The van der Waals surface area contributed by atoms with Gasteiger partial charge in [-0.1, -0.05) is 29.8 Å². The zero-order valence-corrected chi connectivity index (χ0v) is 10.3. The Hall–Kier alpha value is -1.54. The summed E-state index contributed by atoms with van der Waals surface area (Å²) in [6.07, 6.45) is 0. The summed E-state index contributed by atoms with van der Waals surface area (Å²) in [7, 11) is 0. The summed E-state index contributed by atoms with van der Waals surface area (Å²) in [5.74, 6) is -0.239. The summed E-state index contributed by atoms with van der Waals surface area (Å²) in [6, 6.07) is 12.3. The molecule has 0 bridgehead atoms. The van der Waals surface area contributed by atoms with E-state index in [4.69, 9.17) is 11.6 Å². The minimum atomic E-state index is -0.239. The Labute approximate surface area is 105 Å². The minimum absolute atomic E-state index is 0.239. The Kier molecular flexibility index (Phi) is 3.64. The summed E-state index contributed by atoms with van der Waals surface area (Å²) >= 11 is 6.03. The summed E-state index contributed by atoms with van der Waals surface area (Å²) in [4.78, 5) is 0. The van der Waals surface area contributed by atoms with Crippen molar-refractivity contribution in [2.24, 2.45) is 0 Å². The number of halogens is 2. The second-order valence-corrected chi connectivity index (χ2v) is 4.35. The molecular weight excluding hydrogens is 237 g/mol. The monoisotopic (exact) mass is 249 g/mol. The van der Waals surface area contributed by atoms with Crippen LogP contribution in [0.25, 0.3) is 0 Å². The highest BCUT2D eigenvalue weighted by Crippen LogP contribution is 2.18. The molecule has 0 heterocycles. The van der Waals surface area contributed by atoms with Crippen LogP contribution in [0.15, 0.2) is 42.5 Å². The largest absolute Gasteiger partial charge is 0.381 e. The molecule has 88 valence electrons. The van der Waals surface area contributed by atoms with Crippen molar-refractivity contribution >= 4 is 17.3 Å². The van der Waals surface area contributed by atoms with E-state index in [2.05, 4.69) is 5.32 Å². The fraction of sp³-hybridized carbons (Fsp3) is 0.143. The molecule has 0 fully saturated rings. The molecule has 3 heteroatoms. The van der Waals surface area contributed by atoms with Crippen molar-refractivity contribution < 1.29 is 4.39 Å². The van der Waals surface area contributed by atoms with Crippen molar-refractivity contribution in [3.8, 4) is 0 Å². The van der Waals surface area contributed by atoms with Gasteiger partial charge in [0.25, 0.3) is 0 Å². The van der Waals surface area contributed by atoms with Gasteiger partial charge in [0.1, 0.15) is 5.82 Å². The molecule has 1 nitrogen and oxygen atoms in total. The van der Waals surface area contributed by atoms with Gasteiger partial charge in [0.15, 0.2) is 0 Å². The molecule has 2 aromatic rings. The third kappa shape index (κ3) is 3.21. The van der Waals surface area contributed by atoms with E-state index in [1.54, 1.807) is 6.07 Å². The molecule has 0 amide bonds. The molecule has 0 aliphatic carbocycles. The number of hydrogen-bond acceptors (Lipinski definition) is 1. The van der Waals surface area contributed by atoms with E-state index in [0.717, 1.165) is 21.8 Å². The van der Waals surface area contributed by atoms with Crippen molar-refractivity contribution in [2.45, 2.75) is 13.5 Å². The highest BCUT2D eigenvalue weighted by molar-refractivity contribution is 6.31. The zero-order chi connectivity index (χ0) is 12.3. The highest BCUT2D eigenvalue weighted by Gasteiger charge is 1.99. The van der Waals surface area contributed by atoms with E-state index in [0.29, 0.717) is 6.54 Å². The Balaban J connectivity index is 2.05. The van der Waals surface area contributed by atoms with Crippen LogP contribution >= 0.6 is 11.6 Å². The summed E-state index contributed by atoms with van der Waals surface area (Å²) < 4.78 is 12.9. The Morgan fingerprint density at radius 1 is 1.18 bits per heavy atom. The first-order chi connectivity index (χ1) is 8.15. The van der Waals surface area contributed by atoms with Gasteiger partial charge in [-0.3, -0.25) is 0 Å². The molecule has 0 aromatic heterocycles. The van der Waals surface area contributed by atoms with Crippen LogP contribution in [0.3, 0.4) is 0 Å². The van der Waals surface area contributed by atoms with Crippen molar-refractivity contribution in [3.63, 3.8) is 0 Å². The van der Waals surface area contributed by atoms with Gasteiger partial charge in [-0.15, -0.1) is 0 Å². The zero-order valence-electron chi connectivity index (χ0n) is 9.50. The van der Waals surface area contributed by atoms with Crippen LogP contribution in [-0.2, 0) is 6.54 Å². The standard InChI is InChI=1S/C14H13ClFN/c1-10-5-6-11(7-14(10)15)9-17-13-4-2-3-12(16)8-13/h2-8,17H,9H2,1H3. The van der Waals surface area contributed by atoms with Gasteiger partial charge in [-0.2, -0.15) is 0 Å². The molecule has 0 aliphatic rings. The van der Waals surface area contributed by atoms with E-state index in [9.17, 15) is 4.39 Å². The van der Waals surface area contributed by atoms with Gasteiger partial charge in [-0.25, -0.2) is 4.39 Å². The van der Waals surface area contributed by atoms with Crippen molar-refractivity contribution in [1.29, 1.82) is 0 Å². The lowest BCUT2D eigenvalue weighted by Gasteiger charge is -2.07. The average molecular weight is 250 g/mol. The lowest BCUT2D eigenvalue weighted by Crippen LogP contribution is -1.99. The second-order valence-electron chi connectivity index (χ2n) is 3.95. The van der Waals surface area contributed by atoms with Gasteiger partial charge in [0.05, 0.1) is 0 Å². The molecule has 0 saturated carbocycles.